The molecule has 1 aromatic rings. The molecule has 6 heteroatoms. The largest absolute Gasteiger partial charge is 0.493 e. The van der Waals surface area contributed by atoms with Crippen LogP contribution < -0.4 is 9.64 Å². The van der Waals surface area contributed by atoms with Crippen LogP contribution in [0.1, 0.15) is 84.6 Å². The lowest BCUT2D eigenvalue weighted by Crippen LogP contribution is -2.27. The molecule has 0 saturated carbocycles. The average molecular weight is 464 g/mol. The maximum atomic E-state index is 11.8. The van der Waals surface area contributed by atoms with E-state index in [1.807, 2.05) is 13.8 Å². The summed E-state index contributed by atoms with van der Waals surface area (Å²) < 4.78 is 16.4. The first-order valence-electron chi connectivity index (χ1n) is 12.7. The molecule has 0 N–H and O–H groups in total. The summed E-state index contributed by atoms with van der Waals surface area (Å²) in [5.74, 6) is 1.13. The third-order valence-electron chi connectivity index (χ3n) is 5.78. The highest BCUT2D eigenvalue weighted by molar-refractivity contribution is 5.69. The van der Waals surface area contributed by atoms with Crippen molar-refractivity contribution in [1.29, 1.82) is 0 Å². The number of esters is 2. The number of carbonyl (C=O) groups excluding carboxylic acids is 2. The summed E-state index contributed by atoms with van der Waals surface area (Å²) in [6, 6.07) is 6.27. The molecule has 33 heavy (non-hydrogen) atoms. The summed E-state index contributed by atoms with van der Waals surface area (Å²) in [5.41, 5.74) is 2.16. The Balaban J connectivity index is 2.84. The summed E-state index contributed by atoms with van der Waals surface area (Å²) in [6.45, 7) is 13.1. The zero-order valence-electron chi connectivity index (χ0n) is 21.5. The van der Waals surface area contributed by atoms with Crippen LogP contribution in [0.3, 0.4) is 0 Å². The van der Waals surface area contributed by atoms with Crippen LogP contribution in [0, 0.1) is 12.8 Å². The summed E-state index contributed by atoms with van der Waals surface area (Å²) in [4.78, 5) is 25.8. The molecule has 0 aliphatic rings. The minimum Gasteiger partial charge on any atom is -0.493 e. The van der Waals surface area contributed by atoms with Crippen LogP contribution in [-0.4, -0.2) is 44.8 Å². The zero-order valence-corrected chi connectivity index (χ0v) is 21.5. The van der Waals surface area contributed by atoms with Crippen molar-refractivity contribution >= 4 is 17.6 Å². The van der Waals surface area contributed by atoms with Crippen molar-refractivity contribution in [3.8, 4) is 5.75 Å². The van der Waals surface area contributed by atoms with Crippen molar-refractivity contribution in [2.45, 2.75) is 86.0 Å². The van der Waals surface area contributed by atoms with Gasteiger partial charge in [0.25, 0.3) is 0 Å². The fourth-order valence-corrected chi connectivity index (χ4v) is 3.71. The van der Waals surface area contributed by atoms with E-state index in [1.165, 1.54) is 19.3 Å². The van der Waals surface area contributed by atoms with Crippen LogP contribution in [0.4, 0.5) is 5.69 Å². The fourth-order valence-electron chi connectivity index (χ4n) is 3.71. The number of rotatable bonds is 18. The van der Waals surface area contributed by atoms with Gasteiger partial charge in [0.15, 0.2) is 0 Å². The second-order valence-electron chi connectivity index (χ2n) is 8.48. The van der Waals surface area contributed by atoms with E-state index in [2.05, 4.69) is 43.9 Å². The minimum absolute atomic E-state index is 0.172. The number of hydrogen-bond acceptors (Lipinski definition) is 6. The Hall–Kier alpha value is -2.24. The Morgan fingerprint density at radius 3 is 2.03 bits per heavy atom. The molecule has 0 aliphatic heterocycles. The summed E-state index contributed by atoms with van der Waals surface area (Å²) in [5, 5.41) is 0. The fraction of sp³-hybridized carbons (Fsp3) is 0.704. The van der Waals surface area contributed by atoms with Gasteiger partial charge in [-0.05, 0) is 57.6 Å². The Morgan fingerprint density at radius 2 is 1.52 bits per heavy atom. The summed E-state index contributed by atoms with van der Waals surface area (Å²) in [7, 11) is 0. The van der Waals surface area contributed by atoms with Crippen LogP contribution >= 0.6 is 0 Å². The first-order valence-corrected chi connectivity index (χ1v) is 12.7. The van der Waals surface area contributed by atoms with Gasteiger partial charge in [-0.1, -0.05) is 39.2 Å². The van der Waals surface area contributed by atoms with Gasteiger partial charge < -0.3 is 19.1 Å². The third-order valence-corrected chi connectivity index (χ3v) is 5.78. The van der Waals surface area contributed by atoms with Crippen molar-refractivity contribution in [1.82, 2.24) is 0 Å². The maximum absolute atomic E-state index is 11.8. The van der Waals surface area contributed by atoms with Crippen molar-refractivity contribution in [3.63, 3.8) is 0 Å². The molecule has 1 rings (SSSR count). The molecular formula is C27H45NO5. The lowest BCUT2D eigenvalue weighted by atomic mass is 10.0. The molecule has 188 valence electrons. The highest BCUT2D eigenvalue weighted by atomic mass is 16.5. The number of anilines is 1. The second-order valence-corrected chi connectivity index (χ2v) is 8.48. The van der Waals surface area contributed by atoms with E-state index in [0.717, 1.165) is 30.0 Å². The third kappa shape index (κ3) is 12.0. The quantitative estimate of drug-likeness (QED) is 0.246. The minimum atomic E-state index is -0.172. The van der Waals surface area contributed by atoms with E-state index in [0.29, 0.717) is 57.9 Å². The van der Waals surface area contributed by atoms with Gasteiger partial charge >= 0.3 is 11.9 Å². The summed E-state index contributed by atoms with van der Waals surface area (Å²) in [6.07, 6.45) is 6.90. The molecule has 1 atom stereocenters. The molecule has 1 aromatic carbocycles. The number of unbranched alkanes of at least 4 members (excludes halogenated alkanes) is 1. The van der Waals surface area contributed by atoms with Crippen molar-refractivity contribution < 1.29 is 23.8 Å². The Labute approximate surface area is 201 Å². The van der Waals surface area contributed by atoms with E-state index >= 15 is 0 Å². The summed E-state index contributed by atoms with van der Waals surface area (Å²) >= 11 is 0. The van der Waals surface area contributed by atoms with E-state index in [9.17, 15) is 9.59 Å². The molecule has 0 saturated heterocycles. The molecule has 0 heterocycles. The Kier molecular flexibility index (Phi) is 15.1. The molecule has 6 nitrogen and oxygen atoms in total. The van der Waals surface area contributed by atoms with E-state index in [1.54, 1.807) is 0 Å². The van der Waals surface area contributed by atoms with Crippen molar-refractivity contribution in [3.05, 3.63) is 23.8 Å². The number of carbonyl (C=O) groups is 2. The van der Waals surface area contributed by atoms with Crippen LogP contribution in [-0.2, 0) is 19.1 Å². The lowest BCUT2D eigenvalue weighted by molar-refractivity contribution is -0.144. The molecule has 0 radical (unpaired) electrons. The zero-order chi connectivity index (χ0) is 24.5. The van der Waals surface area contributed by atoms with Gasteiger partial charge in [-0.25, -0.2) is 0 Å². The predicted octanol–water partition coefficient (Wildman–Crippen LogP) is 6.08. The molecule has 0 aromatic heterocycles. The van der Waals surface area contributed by atoms with Gasteiger partial charge in [0.1, 0.15) is 5.75 Å². The lowest BCUT2D eigenvalue weighted by Gasteiger charge is -2.26. The normalized spacial score (nSPS) is 11.7. The Morgan fingerprint density at radius 1 is 0.909 bits per heavy atom. The first kappa shape index (κ1) is 28.8. The van der Waals surface area contributed by atoms with Gasteiger partial charge in [0, 0.05) is 37.7 Å². The van der Waals surface area contributed by atoms with E-state index in [-0.39, 0.29) is 11.9 Å². The highest BCUT2D eigenvalue weighted by Gasteiger charge is 2.14. The Bertz CT molecular complexity index is 667. The standard InChI is InChI=1S/C27H45NO5/c1-6-10-13-23(7-2)21-33-25-20-24(17-16-22(25)5)28(18-11-14-26(29)31-8-3)19-12-15-27(30)32-9-4/h16-17,20,23H,6-15,18-19,21H2,1-5H3. The molecular weight excluding hydrogens is 418 g/mol. The molecule has 1 unspecified atom stereocenters. The maximum Gasteiger partial charge on any atom is 0.305 e. The molecule has 0 aliphatic carbocycles. The smallest absolute Gasteiger partial charge is 0.305 e. The van der Waals surface area contributed by atoms with E-state index < -0.39 is 0 Å². The van der Waals surface area contributed by atoms with Crippen molar-refractivity contribution in [2.24, 2.45) is 5.92 Å². The molecule has 0 amide bonds. The van der Waals surface area contributed by atoms with Gasteiger partial charge in [-0.15, -0.1) is 0 Å². The predicted molar refractivity (Wildman–Crippen MR) is 134 cm³/mol. The van der Waals surface area contributed by atoms with Gasteiger partial charge in [0.2, 0.25) is 0 Å². The van der Waals surface area contributed by atoms with Crippen LogP contribution in [0.5, 0.6) is 5.75 Å². The van der Waals surface area contributed by atoms with Gasteiger partial charge in [-0.3, -0.25) is 9.59 Å². The topological polar surface area (TPSA) is 65.1 Å². The highest BCUT2D eigenvalue weighted by Crippen LogP contribution is 2.27. The van der Waals surface area contributed by atoms with Gasteiger partial charge in [0.05, 0.1) is 19.8 Å². The number of hydrogen-bond donors (Lipinski definition) is 0. The molecule has 0 fully saturated rings. The molecule has 0 bridgehead atoms. The number of nitrogens with zero attached hydrogens (tertiary/aromatic N) is 1. The molecule has 0 spiro atoms. The van der Waals surface area contributed by atoms with Crippen LogP contribution in [0.25, 0.3) is 0 Å². The SMILES string of the molecule is CCCCC(CC)COc1cc(N(CCCC(=O)OCC)CCCC(=O)OCC)ccc1C. The first-order chi connectivity index (χ1) is 15.9. The second kappa shape index (κ2) is 17.3. The van der Waals surface area contributed by atoms with Crippen molar-refractivity contribution in [2.75, 3.05) is 37.8 Å². The van der Waals surface area contributed by atoms with Gasteiger partial charge in [-0.2, -0.15) is 0 Å². The monoisotopic (exact) mass is 463 g/mol. The number of ether oxygens (including phenoxy) is 3. The van der Waals surface area contributed by atoms with Crippen LogP contribution in [0.2, 0.25) is 0 Å². The average Bonchev–Trinajstić information content (AvgIpc) is 2.79. The number of aryl methyl sites for hydroxylation is 1. The van der Waals surface area contributed by atoms with Crippen LogP contribution in [0.15, 0.2) is 18.2 Å². The number of benzene rings is 1. The van der Waals surface area contributed by atoms with E-state index in [4.69, 9.17) is 14.2 Å².